The number of aromatic nitrogens is 2. The van der Waals surface area contributed by atoms with E-state index in [1.54, 1.807) is 0 Å². The molecule has 1 aliphatic heterocycles. The van der Waals surface area contributed by atoms with Gasteiger partial charge in [0.25, 0.3) is 0 Å². The van der Waals surface area contributed by atoms with E-state index in [0.29, 0.717) is 0 Å². The molecule has 0 radical (unpaired) electrons. The lowest BCUT2D eigenvalue weighted by molar-refractivity contribution is -0.0542. The molecular formula is C9H14N3O8P. The second-order valence-corrected chi connectivity index (χ2v) is 5.61. The third kappa shape index (κ3) is 3.66. The Morgan fingerprint density at radius 2 is 2.10 bits per heavy atom. The molecule has 2 rings (SSSR count). The van der Waals surface area contributed by atoms with E-state index in [1.807, 2.05) is 0 Å². The summed E-state index contributed by atoms with van der Waals surface area (Å²) in [6.07, 6.45) is -4.27. The standard InChI is InChI=1S/C9H14N3O8P/c10-5-1-2-12(9(15)11-5)8-7(14)6(13)4(20-8)3-19-21(16,17)18/h1-2,4,6-8,13-14H,3H2,(H2,10,11,15)(H2,16,17,18)/t4-,6+,7+,8-/m1/s1. The van der Waals surface area contributed by atoms with Gasteiger partial charge in [0.1, 0.15) is 24.1 Å². The summed E-state index contributed by atoms with van der Waals surface area (Å²) in [7, 11) is -4.74. The summed E-state index contributed by atoms with van der Waals surface area (Å²) < 4.78 is 20.9. The molecule has 1 fully saturated rings. The maximum Gasteiger partial charge on any atom is 0.469 e. The van der Waals surface area contributed by atoms with E-state index in [-0.39, 0.29) is 5.82 Å². The Kier molecular flexibility index (Phi) is 4.44. The first-order valence-electron chi connectivity index (χ1n) is 5.75. The number of ether oxygens (including phenoxy) is 1. The monoisotopic (exact) mass is 323 g/mol. The van der Waals surface area contributed by atoms with Crippen LogP contribution in [-0.4, -0.2) is 54.5 Å². The number of hydrogen-bond acceptors (Lipinski definition) is 8. The van der Waals surface area contributed by atoms with Gasteiger partial charge < -0.3 is 30.5 Å². The highest BCUT2D eigenvalue weighted by molar-refractivity contribution is 7.46. The average Bonchev–Trinajstić information content (AvgIpc) is 2.64. The van der Waals surface area contributed by atoms with E-state index < -0.39 is 44.7 Å². The third-order valence-corrected chi connectivity index (χ3v) is 3.36. The normalized spacial score (nSPS) is 29.7. The van der Waals surface area contributed by atoms with E-state index in [0.717, 1.165) is 4.57 Å². The van der Waals surface area contributed by atoms with Crippen molar-refractivity contribution in [2.24, 2.45) is 0 Å². The molecule has 11 nitrogen and oxygen atoms in total. The van der Waals surface area contributed by atoms with Crippen molar-refractivity contribution in [3.8, 4) is 0 Å². The minimum atomic E-state index is -4.74. The summed E-state index contributed by atoms with van der Waals surface area (Å²) in [5.74, 6) is -0.0225. The molecule has 0 unspecified atom stereocenters. The number of phosphoric ester groups is 1. The first-order chi connectivity index (χ1) is 9.69. The summed E-state index contributed by atoms with van der Waals surface area (Å²) in [6, 6.07) is 1.29. The maximum absolute atomic E-state index is 11.6. The predicted octanol–water partition coefficient (Wildman–Crippen LogP) is -2.45. The molecular weight excluding hydrogens is 309 g/mol. The first-order valence-corrected chi connectivity index (χ1v) is 7.28. The van der Waals surface area contributed by atoms with Crippen molar-refractivity contribution in [3.63, 3.8) is 0 Å². The summed E-state index contributed by atoms with van der Waals surface area (Å²) in [4.78, 5) is 32.3. The topological polar surface area (TPSA) is 177 Å². The predicted molar refractivity (Wildman–Crippen MR) is 66.8 cm³/mol. The van der Waals surface area contributed by atoms with E-state index in [4.69, 9.17) is 20.3 Å². The maximum atomic E-state index is 11.6. The van der Waals surface area contributed by atoms with Gasteiger partial charge in [-0.3, -0.25) is 9.09 Å². The Hall–Kier alpha value is -1.33. The lowest BCUT2D eigenvalue weighted by Crippen LogP contribution is -2.36. The van der Waals surface area contributed by atoms with Crippen LogP contribution in [0.2, 0.25) is 0 Å². The number of rotatable bonds is 4. The zero-order valence-corrected chi connectivity index (χ0v) is 11.4. The van der Waals surface area contributed by atoms with Crippen LogP contribution in [-0.2, 0) is 13.8 Å². The number of anilines is 1. The van der Waals surface area contributed by atoms with Crippen LogP contribution in [0.1, 0.15) is 6.23 Å². The van der Waals surface area contributed by atoms with Crippen molar-refractivity contribution < 1.29 is 33.8 Å². The molecule has 0 bridgehead atoms. The molecule has 0 amide bonds. The Balaban J connectivity index is 2.16. The fourth-order valence-corrected chi connectivity index (χ4v) is 2.23. The lowest BCUT2D eigenvalue weighted by Gasteiger charge is -2.16. The van der Waals surface area contributed by atoms with Crippen molar-refractivity contribution >= 4 is 13.6 Å². The van der Waals surface area contributed by atoms with Gasteiger partial charge in [0.15, 0.2) is 6.23 Å². The highest BCUT2D eigenvalue weighted by atomic mass is 31.2. The van der Waals surface area contributed by atoms with Crippen molar-refractivity contribution in [1.29, 1.82) is 0 Å². The molecule has 1 saturated heterocycles. The van der Waals surface area contributed by atoms with Crippen LogP contribution in [0.5, 0.6) is 0 Å². The quantitative estimate of drug-likeness (QED) is 0.374. The number of hydrogen-bond donors (Lipinski definition) is 5. The molecule has 1 aromatic heterocycles. The van der Waals surface area contributed by atoms with E-state index in [1.165, 1.54) is 12.3 Å². The van der Waals surface area contributed by atoms with Crippen LogP contribution in [0.3, 0.4) is 0 Å². The van der Waals surface area contributed by atoms with Crippen LogP contribution >= 0.6 is 7.82 Å². The van der Waals surface area contributed by atoms with Gasteiger partial charge in [-0.25, -0.2) is 9.36 Å². The number of phosphoric acid groups is 1. The smallest absolute Gasteiger partial charge is 0.387 e. The number of nitrogen functional groups attached to an aromatic ring is 1. The number of aliphatic hydroxyl groups excluding tert-OH is 2. The third-order valence-electron chi connectivity index (χ3n) is 2.87. The molecule has 0 aliphatic carbocycles. The van der Waals surface area contributed by atoms with Gasteiger partial charge >= 0.3 is 13.5 Å². The second-order valence-electron chi connectivity index (χ2n) is 4.37. The highest BCUT2D eigenvalue weighted by Gasteiger charge is 2.44. The molecule has 0 spiro atoms. The van der Waals surface area contributed by atoms with Gasteiger partial charge in [0, 0.05) is 6.20 Å². The average molecular weight is 323 g/mol. The summed E-state index contributed by atoms with van der Waals surface area (Å²) in [5, 5.41) is 19.6. The minimum Gasteiger partial charge on any atom is -0.387 e. The van der Waals surface area contributed by atoms with Gasteiger partial charge in [-0.1, -0.05) is 0 Å². The molecule has 1 aliphatic rings. The fourth-order valence-electron chi connectivity index (χ4n) is 1.89. The Bertz CT molecular complexity index is 615. The van der Waals surface area contributed by atoms with Crippen LogP contribution < -0.4 is 11.4 Å². The van der Waals surface area contributed by atoms with Crippen molar-refractivity contribution in [1.82, 2.24) is 9.55 Å². The van der Waals surface area contributed by atoms with Crippen LogP contribution in [0.25, 0.3) is 0 Å². The Morgan fingerprint density at radius 1 is 1.43 bits per heavy atom. The molecule has 12 heteroatoms. The zero-order valence-electron chi connectivity index (χ0n) is 10.5. The Labute approximate surface area is 117 Å². The molecule has 4 atom stereocenters. The van der Waals surface area contributed by atoms with Gasteiger partial charge in [-0.15, -0.1) is 0 Å². The van der Waals surface area contributed by atoms with Gasteiger partial charge in [0.05, 0.1) is 6.61 Å². The zero-order chi connectivity index (χ0) is 15.8. The summed E-state index contributed by atoms with van der Waals surface area (Å²) in [5.41, 5.74) is 4.52. The number of aliphatic hydroxyl groups is 2. The highest BCUT2D eigenvalue weighted by Crippen LogP contribution is 2.38. The summed E-state index contributed by atoms with van der Waals surface area (Å²) in [6.45, 7) is -0.657. The molecule has 0 aromatic carbocycles. The summed E-state index contributed by atoms with van der Waals surface area (Å²) >= 11 is 0. The first kappa shape index (κ1) is 16.0. The van der Waals surface area contributed by atoms with E-state index in [2.05, 4.69) is 9.51 Å². The lowest BCUT2D eigenvalue weighted by atomic mass is 10.1. The van der Waals surface area contributed by atoms with E-state index in [9.17, 15) is 19.6 Å². The van der Waals surface area contributed by atoms with Crippen LogP contribution in [0, 0.1) is 0 Å². The van der Waals surface area contributed by atoms with Crippen LogP contribution in [0.15, 0.2) is 17.1 Å². The van der Waals surface area contributed by atoms with Crippen LogP contribution in [0.4, 0.5) is 5.82 Å². The van der Waals surface area contributed by atoms with Crippen molar-refractivity contribution in [2.45, 2.75) is 24.5 Å². The molecule has 0 saturated carbocycles. The number of nitrogens with two attached hydrogens (primary N) is 1. The largest absolute Gasteiger partial charge is 0.469 e. The minimum absolute atomic E-state index is 0.0225. The molecule has 6 N–H and O–H groups in total. The molecule has 2 heterocycles. The van der Waals surface area contributed by atoms with Gasteiger partial charge in [0.2, 0.25) is 0 Å². The SMILES string of the molecule is Nc1ccn([C@@H]2O[C@H](COP(=O)(O)O)[C@H](O)[C@@H]2O)c(=O)n1. The number of nitrogens with zero attached hydrogens (tertiary/aromatic N) is 2. The van der Waals surface area contributed by atoms with Crippen molar-refractivity contribution in [3.05, 3.63) is 22.7 Å². The molecule has 1 aromatic rings. The van der Waals surface area contributed by atoms with Crippen molar-refractivity contribution in [2.75, 3.05) is 12.3 Å². The fraction of sp³-hybridized carbons (Fsp3) is 0.556. The molecule has 118 valence electrons. The van der Waals surface area contributed by atoms with E-state index >= 15 is 0 Å². The van der Waals surface area contributed by atoms with Gasteiger partial charge in [-0.2, -0.15) is 4.98 Å². The molecule has 21 heavy (non-hydrogen) atoms. The second kappa shape index (κ2) is 5.81. The van der Waals surface area contributed by atoms with Gasteiger partial charge in [-0.05, 0) is 6.07 Å². The Morgan fingerprint density at radius 3 is 2.67 bits per heavy atom.